The second kappa shape index (κ2) is 7.60. The molecule has 0 aromatic heterocycles. The average Bonchev–Trinajstić information content (AvgIpc) is 2.54. The van der Waals surface area contributed by atoms with Crippen molar-refractivity contribution in [2.75, 3.05) is 6.61 Å². The molecular weight excluding hydrogens is 272 g/mol. The van der Waals surface area contributed by atoms with E-state index < -0.39 is 0 Å². The summed E-state index contributed by atoms with van der Waals surface area (Å²) in [6.07, 6.45) is 5.96. The van der Waals surface area contributed by atoms with Crippen molar-refractivity contribution in [1.29, 1.82) is 0 Å². The van der Waals surface area contributed by atoms with Crippen LogP contribution in [-0.2, 0) is 16.0 Å². The van der Waals surface area contributed by atoms with E-state index in [-0.39, 0.29) is 5.97 Å². The maximum absolute atomic E-state index is 10.9. The van der Waals surface area contributed by atoms with Gasteiger partial charge in [-0.25, -0.2) is 4.79 Å². The van der Waals surface area contributed by atoms with Gasteiger partial charge >= 0.3 is 5.97 Å². The molecule has 0 aliphatic heterocycles. The number of benzene rings is 2. The smallest absolute Gasteiger partial charge is 0.330 e. The molecule has 0 aliphatic rings. The lowest BCUT2D eigenvalue weighted by molar-refractivity contribution is -0.137. The van der Waals surface area contributed by atoms with Gasteiger partial charge in [-0.05, 0) is 53.6 Å². The molecule has 0 amide bonds. The number of aryl methyl sites for hydroxylation is 2. The van der Waals surface area contributed by atoms with Crippen LogP contribution in [0.25, 0.3) is 16.8 Å². The van der Waals surface area contributed by atoms with Gasteiger partial charge in [-0.3, -0.25) is 0 Å². The summed E-state index contributed by atoms with van der Waals surface area (Å²) in [6.45, 7) is 9.84. The van der Waals surface area contributed by atoms with Crippen molar-refractivity contribution in [3.63, 3.8) is 0 Å². The summed E-state index contributed by atoms with van der Waals surface area (Å²) >= 11 is 0. The molecule has 2 nitrogen and oxygen atoms in total. The molecule has 22 heavy (non-hydrogen) atoms. The Morgan fingerprint density at radius 1 is 1.18 bits per heavy atom. The summed E-state index contributed by atoms with van der Waals surface area (Å²) in [5, 5.41) is 2.50. The Morgan fingerprint density at radius 3 is 2.73 bits per heavy atom. The van der Waals surface area contributed by atoms with Gasteiger partial charge in [-0.1, -0.05) is 49.6 Å². The zero-order chi connectivity index (χ0) is 15.9. The minimum absolute atomic E-state index is 0.349. The van der Waals surface area contributed by atoms with Gasteiger partial charge in [-0.15, -0.1) is 0 Å². The number of hydrogen-bond acceptors (Lipinski definition) is 2. The van der Waals surface area contributed by atoms with Crippen molar-refractivity contribution in [3.05, 3.63) is 66.3 Å². The standard InChI is InChI=1S/C20H22O2/c1-4-18-15(3)9-11-17-14-16(10-12-19(17)18)8-6-7-13-22-20(21)5-2/h4-5,9-12,14H,1-2,6-8,13H2,3H3. The molecule has 0 radical (unpaired) electrons. The molecule has 0 spiro atoms. The fourth-order valence-corrected chi connectivity index (χ4v) is 2.60. The highest BCUT2D eigenvalue weighted by Gasteiger charge is 2.03. The highest BCUT2D eigenvalue weighted by molar-refractivity contribution is 5.92. The predicted molar refractivity (Wildman–Crippen MR) is 92.9 cm³/mol. The minimum atomic E-state index is -0.349. The molecule has 0 saturated heterocycles. The molecule has 2 aromatic carbocycles. The molecule has 0 fully saturated rings. The summed E-state index contributed by atoms with van der Waals surface area (Å²) in [7, 11) is 0. The summed E-state index contributed by atoms with van der Waals surface area (Å²) in [5.74, 6) is -0.349. The van der Waals surface area contributed by atoms with Crippen molar-refractivity contribution in [2.24, 2.45) is 0 Å². The van der Waals surface area contributed by atoms with E-state index in [4.69, 9.17) is 4.74 Å². The Kier molecular flexibility index (Phi) is 5.54. The van der Waals surface area contributed by atoms with Gasteiger partial charge in [-0.2, -0.15) is 0 Å². The highest BCUT2D eigenvalue weighted by atomic mass is 16.5. The normalized spacial score (nSPS) is 10.4. The first kappa shape index (κ1) is 16.0. The number of esters is 1. The number of carbonyl (C=O) groups is 1. The number of ether oxygens (including phenoxy) is 1. The number of hydrogen-bond donors (Lipinski definition) is 0. The van der Waals surface area contributed by atoms with Crippen LogP contribution in [0.3, 0.4) is 0 Å². The largest absolute Gasteiger partial charge is 0.463 e. The van der Waals surface area contributed by atoms with E-state index in [9.17, 15) is 4.79 Å². The van der Waals surface area contributed by atoms with Gasteiger partial charge in [0.15, 0.2) is 0 Å². The van der Waals surface area contributed by atoms with Gasteiger partial charge in [0.05, 0.1) is 6.61 Å². The maximum atomic E-state index is 10.9. The summed E-state index contributed by atoms with van der Waals surface area (Å²) < 4.78 is 4.97. The first-order chi connectivity index (χ1) is 10.7. The van der Waals surface area contributed by atoms with Crippen molar-refractivity contribution < 1.29 is 9.53 Å². The zero-order valence-electron chi connectivity index (χ0n) is 13.1. The molecule has 2 aromatic rings. The average molecular weight is 294 g/mol. The van der Waals surface area contributed by atoms with E-state index in [1.807, 2.05) is 6.08 Å². The Morgan fingerprint density at radius 2 is 2.00 bits per heavy atom. The fraction of sp³-hybridized carbons (Fsp3) is 0.250. The molecule has 0 N–H and O–H groups in total. The molecule has 2 rings (SSSR count). The van der Waals surface area contributed by atoms with Crippen molar-refractivity contribution >= 4 is 22.8 Å². The number of fused-ring (bicyclic) bond motifs is 1. The van der Waals surface area contributed by atoms with Gasteiger partial charge in [0.1, 0.15) is 0 Å². The van der Waals surface area contributed by atoms with Crippen molar-refractivity contribution in [2.45, 2.75) is 26.2 Å². The van der Waals surface area contributed by atoms with Crippen LogP contribution in [0, 0.1) is 6.92 Å². The number of unbranched alkanes of at least 4 members (excludes halogenated alkanes) is 1. The number of carbonyl (C=O) groups excluding carboxylic acids is 1. The summed E-state index contributed by atoms with van der Waals surface area (Å²) in [4.78, 5) is 10.9. The van der Waals surface area contributed by atoms with Crippen LogP contribution in [0.2, 0.25) is 0 Å². The lowest BCUT2D eigenvalue weighted by atomic mass is 9.97. The monoisotopic (exact) mass is 294 g/mol. The Labute approximate surface area is 132 Å². The Hall–Kier alpha value is -2.35. The van der Waals surface area contributed by atoms with Crippen LogP contribution in [0.15, 0.2) is 49.6 Å². The summed E-state index contributed by atoms with van der Waals surface area (Å²) in [5.41, 5.74) is 3.76. The zero-order valence-corrected chi connectivity index (χ0v) is 13.1. The van der Waals surface area contributed by atoms with Crippen LogP contribution in [0.1, 0.15) is 29.5 Å². The van der Waals surface area contributed by atoms with Crippen molar-refractivity contribution in [1.82, 2.24) is 0 Å². The number of rotatable bonds is 7. The van der Waals surface area contributed by atoms with E-state index >= 15 is 0 Å². The van der Waals surface area contributed by atoms with Crippen LogP contribution in [-0.4, -0.2) is 12.6 Å². The molecule has 0 unspecified atom stereocenters. The van der Waals surface area contributed by atoms with Gasteiger partial charge in [0, 0.05) is 6.08 Å². The van der Waals surface area contributed by atoms with E-state index in [0.29, 0.717) is 6.61 Å². The second-order valence-electron chi connectivity index (χ2n) is 5.38. The first-order valence-corrected chi connectivity index (χ1v) is 7.59. The molecule has 0 bridgehead atoms. The van der Waals surface area contributed by atoms with E-state index in [2.05, 4.69) is 50.4 Å². The minimum Gasteiger partial charge on any atom is -0.463 e. The van der Waals surface area contributed by atoms with E-state index in [1.165, 1.54) is 33.5 Å². The highest BCUT2D eigenvalue weighted by Crippen LogP contribution is 2.24. The topological polar surface area (TPSA) is 26.3 Å². The van der Waals surface area contributed by atoms with Crippen LogP contribution in [0.4, 0.5) is 0 Å². The molecule has 0 heterocycles. The molecule has 0 saturated carbocycles. The SMILES string of the molecule is C=CC(=O)OCCCCc1ccc2c(C=C)c(C)ccc2c1. The lowest BCUT2D eigenvalue weighted by Gasteiger charge is -2.09. The first-order valence-electron chi connectivity index (χ1n) is 7.59. The molecule has 0 atom stereocenters. The fourth-order valence-electron chi connectivity index (χ4n) is 2.60. The maximum Gasteiger partial charge on any atom is 0.330 e. The Bertz CT molecular complexity index is 698. The second-order valence-corrected chi connectivity index (χ2v) is 5.38. The van der Waals surface area contributed by atoms with E-state index in [1.54, 1.807) is 0 Å². The molecule has 2 heteroatoms. The molecule has 0 aliphatic carbocycles. The molecular formula is C20H22O2. The van der Waals surface area contributed by atoms with Crippen molar-refractivity contribution in [3.8, 4) is 0 Å². The predicted octanol–water partition coefficient (Wildman–Crippen LogP) is 4.84. The van der Waals surface area contributed by atoms with Gasteiger partial charge < -0.3 is 4.74 Å². The van der Waals surface area contributed by atoms with Crippen LogP contribution < -0.4 is 0 Å². The molecule has 114 valence electrons. The lowest BCUT2D eigenvalue weighted by Crippen LogP contribution is -2.02. The summed E-state index contributed by atoms with van der Waals surface area (Å²) in [6, 6.07) is 10.9. The van der Waals surface area contributed by atoms with Crippen LogP contribution >= 0.6 is 0 Å². The van der Waals surface area contributed by atoms with Crippen LogP contribution in [0.5, 0.6) is 0 Å². The van der Waals surface area contributed by atoms with Gasteiger partial charge in [0.25, 0.3) is 0 Å². The third kappa shape index (κ3) is 3.85. The third-order valence-electron chi connectivity index (χ3n) is 3.82. The Balaban J connectivity index is 1.98. The van der Waals surface area contributed by atoms with E-state index in [0.717, 1.165) is 19.3 Å². The quantitative estimate of drug-likeness (QED) is 0.415. The third-order valence-corrected chi connectivity index (χ3v) is 3.82. The van der Waals surface area contributed by atoms with Gasteiger partial charge in [0.2, 0.25) is 0 Å².